The highest BCUT2D eigenvalue weighted by Gasteiger charge is 2.24. The van der Waals surface area contributed by atoms with E-state index in [0.29, 0.717) is 10.7 Å². The maximum atomic E-state index is 11.7. The molecule has 6 heteroatoms. The van der Waals surface area contributed by atoms with Gasteiger partial charge in [-0.1, -0.05) is 44.5 Å². The van der Waals surface area contributed by atoms with E-state index in [4.69, 9.17) is 11.6 Å². The van der Waals surface area contributed by atoms with Crippen LogP contribution in [0, 0.1) is 5.41 Å². The summed E-state index contributed by atoms with van der Waals surface area (Å²) < 4.78 is 0. The molecule has 1 rings (SSSR count). The van der Waals surface area contributed by atoms with Crippen molar-refractivity contribution in [1.82, 2.24) is 5.32 Å². The lowest BCUT2D eigenvalue weighted by Gasteiger charge is -2.25. The predicted octanol–water partition coefficient (Wildman–Crippen LogP) is 1.80. The predicted molar refractivity (Wildman–Crippen MR) is 78.6 cm³/mol. The molecule has 3 N–H and O–H groups in total. The number of benzene rings is 1. The van der Waals surface area contributed by atoms with Gasteiger partial charge in [-0.25, -0.2) is 0 Å². The van der Waals surface area contributed by atoms with Gasteiger partial charge in [-0.15, -0.1) is 0 Å². The number of anilines is 1. The molecule has 0 radical (unpaired) electrons. The molecule has 0 aliphatic carbocycles. The quantitative estimate of drug-likeness (QED) is 0.745. The number of carbonyl (C=O) groups excluding carboxylic acids is 2. The fraction of sp³-hybridized carbons (Fsp3) is 0.429. The minimum Gasteiger partial charge on any atom is -0.391 e. The smallest absolute Gasteiger partial charge is 0.313 e. The first-order valence-electron chi connectivity index (χ1n) is 6.23. The molecule has 5 nitrogen and oxygen atoms in total. The van der Waals surface area contributed by atoms with Gasteiger partial charge < -0.3 is 15.7 Å². The Labute approximate surface area is 123 Å². The maximum Gasteiger partial charge on any atom is 0.313 e. The molecule has 0 aliphatic rings. The van der Waals surface area contributed by atoms with Crippen LogP contribution in [0.2, 0.25) is 5.02 Å². The first kappa shape index (κ1) is 16.5. The van der Waals surface area contributed by atoms with Crippen molar-refractivity contribution in [1.29, 1.82) is 0 Å². The minimum absolute atomic E-state index is 0.0122. The molecule has 1 unspecified atom stereocenters. The van der Waals surface area contributed by atoms with Crippen LogP contribution in [-0.4, -0.2) is 29.6 Å². The number of para-hydroxylation sites is 1. The van der Waals surface area contributed by atoms with Crippen LogP contribution in [0.4, 0.5) is 5.69 Å². The molecule has 1 aromatic carbocycles. The lowest BCUT2D eigenvalue weighted by molar-refractivity contribution is -0.136. The van der Waals surface area contributed by atoms with Crippen molar-refractivity contribution in [2.45, 2.75) is 26.9 Å². The number of nitrogens with one attached hydrogen (secondary N) is 2. The maximum absolute atomic E-state index is 11.7. The van der Waals surface area contributed by atoms with E-state index in [1.54, 1.807) is 24.3 Å². The third-order valence-electron chi connectivity index (χ3n) is 2.78. The number of hydrogen-bond acceptors (Lipinski definition) is 3. The van der Waals surface area contributed by atoms with E-state index in [2.05, 4.69) is 10.6 Å². The number of aliphatic hydroxyl groups is 1. The molecular weight excluding hydrogens is 280 g/mol. The third-order valence-corrected chi connectivity index (χ3v) is 3.11. The van der Waals surface area contributed by atoms with Crippen molar-refractivity contribution in [3.05, 3.63) is 29.3 Å². The Kier molecular flexibility index (Phi) is 5.53. The molecule has 1 atom stereocenters. The standard InChI is InChI=1S/C14H19ClN2O3/c1-14(2,3)11(18)8-16-12(19)13(20)17-10-7-5-4-6-9(10)15/h4-7,11,18H,8H2,1-3H3,(H,16,19)(H,17,20). The first-order valence-corrected chi connectivity index (χ1v) is 6.61. The van der Waals surface area contributed by atoms with Gasteiger partial charge in [0.25, 0.3) is 0 Å². The fourth-order valence-electron chi connectivity index (χ4n) is 1.32. The van der Waals surface area contributed by atoms with E-state index in [1.165, 1.54) is 0 Å². The van der Waals surface area contributed by atoms with E-state index in [-0.39, 0.29) is 12.0 Å². The summed E-state index contributed by atoms with van der Waals surface area (Å²) in [7, 11) is 0. The summed E-state index contributed by atoms with van der Waals surface area (Å²) in [6.07, 6.45) is -0.737. The van der Waals surface area contributed by atoms with Crippen LogP contribution in [0.15, 0.2) is 24.3 Å². The highest BCUT2D eigenvalue weighted by molar-refractivity contribution is 6.41. The number of aliphatic hydroxyl groups excluding tert-OH is 1. The van der Waals surface area contributed by atoms with Crippen molar-refractivity contribution < 1.29 is 14.7 Å². The monoisotopic (exact) mass is 298 g/mol. The Bertz CT molecular complexity index is 497. The molecule has 0 saturated carbocycles. The highest BCUT2D eigenvalue weighted by Crippen LogP contribution is 2.20. The van der Waals surface area contributed by atoms with Crippen LogP contribution in [0.3, 0.4) is 0 Å². The van der Waals surface area contributed by atoms with Gasteiger partial charge in [0.1, 0.15) is 0 Å². The van der Waals surface area contributed by atoms with Crippen molar-refractivity contribution in [2.24, 2.45) is 5.41 Å². The van der Waals surface area contributed by atoms with Gasteiger partial charge in [0, 0.05) is 6.54 Å². The Hall–Kier alpha value is -1.59. The molecule has 1 aromatic rings. The molecule has 110 valence electrons. The van der Waals surface area contributed by atoms with Gasteiger partial charge in [-0.05, 0) is 17.5 Å². The van der Waals surface area contributed by atoms with Crippen molar-refractivity contribution in [2.75, 3.05) is 11.9 Å². The third kappa shape index (κ3) is 4.83. The lowest BCUT2D eigenvalue weighted by Crippen LogP contribution is -2.43. The van der Waals surface area contributed by atoms with Crippen LogP contribution in [0.25, 0.3) is 0 Å². The van der Waals surface area contributed by atoms with Crippen LogP contribution in [-0.2, 0) is 9.59 Å². The van der Waals surface area contributed by atoms with E-state index < -0.39 is 17.9 Å². The van der Waals surface area contributed by atoms with Crippen LogP contribution < -0.4 is 10.6 Å². The molecule has 20 heavy (non-hydrogen) atoms. The molecule has 0 spiro atoms. The van der Waals surface area contributed by atoms with Gasteiger partial charge in [0.15, 0.2) is 0 Å². The molecule has 0 aliphatic heterocycles. The van der Waals surface area contributed by atoms with Crippen molar-refractivity contribution >= 4 is 29.1 Å². The van der Waals surface area contributed by atoms with Crippen LogP contribution >= 0.6 is 11.6 Å². The summed E-state index contributed by atoms with van der Waals surface area (Å²) in [6.45, 7) is 5.53. The fourth-order valence-corrected chi connectivity index (χ4v) is 1.50. The summed E-state index contributed by atoms with van der Waals surface area (Å²) in [6, 6.07) is 6.62. The van der Waals surface area contributed by atoms with Gasteiger partial charge in [0.05, 0.1) is 16.8 Å². The normalized spacial score (nSPS) is 12.7. The minimum atomic E-state index is -0.820. The zero-order chi connectivity index (χ0) is 15.3. The van der Waals surface area contributed by atoms with Gasteiger partial charge in [-0.2, -0.15) is 0 Å². The number of amides is 2. The van der Waals surface area contributed by atoms with E-state index in [1.807, 2.05) is 20.8 Å². The molecule has 0 saturated heterocycles. The van der Waals surface area contributed by atoms with Gasteiger partial charge >= 0.3 is 11.8 Å². The topological polar surface area (TPSA) is 78.4 Å². The molecule has 0 heterocycles. The van der Waals surface area contributed by atoms with Crippen molar-refractivity contribution in [3.8, 4) is 0 Å². The largest absolute Gasteiger partial charge is 0.391 e. The molecule has 0 aromatic heterocycles. The molecule has 0 bridgehead atoms. The second-order valence-electron chi connectivity index (χ2n) is 5.53. The van der Waals surface area contributed by atoms with E-state index in [9.17, 15) is 14.7 Å². The average Bonchev–Trinajstić information content (AvgIpc) is 2.36. The Morgan fingerprint density at radius 1 is 1.25 bits per heavy atom. The molecule has 0 fully saturated rings. The van der Waals surface area contributed by atoms with Gasteiger partial charge in [-0.3, -0.25) is 9.59 Å². The molecule has 2 amide bonds. The highest BCUT2D eigenvalue weighted by atomic mass is 35.5. The first-order chi connectivity index (χ1) is 9.21. The summed E-state index contributed by atoms with van der Waals surface area (Å²) >= 11 is 5.87. The van der Waals surface area contributed by atoms with Crippen LogP contribution in [0.1, 0.15) is 20.8 Å². The van der Waals surface area contributed by atoms with Gasteiger partial charge in [0.2, 0.25) is 0 Å². The average molecular weight is 299 g/mol. The Morgan fingerprint density at radius 2 is 1.85 bits per heavy atom. The Balaban J connectivity index is 2.53. The summed E-state index contributed by atoms with van der Waals surface area (Å²) in [4.78, 5) is 23.3. The van der Waals surface area contributed by atoms with E-state index >= 15 is 0 Å². The SMILES string of the molecule is CC(C)(C)C(O)CNC(=O)C(=O)Nc1ccccc1Cl. The molecular formula is C14H19ClN2O3. The number of rotatable bonds is 3. The zero-order valence-electron chi connectivity index (χ0n) is 11.7. The number of hydrogen-bond donors (Lipinski definition) is 3. The van der Waals surface area contributed by atoms with E-state index in [0.717, 1.165) is 0 Å². The Morgan fingerprint density at radius 3 is 2.40 bits per heavy atom. The zero-order valence-corrected chi connectivity index (χ0v) is 12.5. The summed E-state index contributed by atoms with van der Waals surface area (Å²) in [5.74, 6) is -1.63. The van der Waals surface area contributed by atoms with Crippen LogP contribution in [0.5, 0.6) is 0 Å². The number of carbonyl (C=O) groups is 2. The summed E-state index contributed by atoms with van der Waals surface area (Å²) in [5, 5.41) is 14.9. The second kappa shape index (κ2) is 6.72. The van der Waals surface area contributed by atoms with Crippen molar-refractivity contribution in [3.63, 3.8) is 0 Å². The number of halogens is 1. The second-order valence-corrected chi connectivity index (χ2v) is 5.93. The lowest BCUT2D eigenvalue weighted by atomic mass is 9.89. The summed E-state index contributed by atoms with van der Waals surface area (Å²) in [5.41, 5.74) is -0.00218.